The van der Waals surface area contributed by atoms with Crippen molar-refractivity contribution in [2.24, 2.45) is 0 Å². The third-order valence-electron chi connectivity index (χ3n) is 5.00. The Bertz CT molecular complexity index is 1320. The number of benzene rings is 3. The van der Waals surface area contributed by atoms with E-state index in [0.717, 1.165) is 22.4 Å². The molecule has 0 spiro atoms. The molecule has 0 aliphatic carbocycles. The maximum atomic E-state index is 12.9. The molecule has 1 unspecified atom stereocenters. The van der Waals surface area contributed by atoms with Gasteiger partial charge in [-0.15, -0.1) is 0 Å². The SMILES string of the molecule is CC(Sc1nc(-c2ccccc2)cc(-c2ccccc2)c1C#N)C(=O)Nc1cccc(Cl)c1. The third-order valence-corrected chi connectivity index (χ3v) is 6.32. The molecule has 1 amide bonds. The number of nitrogens with one attached hydrogen (secondary N) is 1. The lowest BCUT2D eigenvalue weighted by molar-refractivity contribution is -0.115. The van der Waals surface area contributed by atoms with E-state index in [9.17, 15) is 10.1 Å². The van der Waals surface area contributed by atoms with Gasteiger partial charge in [-0.2, -0.15) is 5.26 Å². The molecule has 1 heterocycles. The van der Waals surface area contributed by atoms with Crippen molar-refractivity contribution in [3.05, 3.63) is 102 Å². The quantitative estimate of drug-likeness (QED) is 0.307. The summed E-state index contributed by atoms with van der Waals surface area (Å²) in [6.07, 6.45) is 0. The van der Waals surface area contributed by atoms with Gasteiger partial charge in [0.1, 0.15) is 11.1 Å². The average molecular weight is 470 g/mol. The van der Waals surface area contributed by atoms with Crippen molar-refractivity contribution in [1.29, 1.82) is 5.26 Å². The van der Waals surface area contributed by atoms with Crippen LogP contribution in [0.25, 0.3) is 22.4 Å². The first-order valence-corrected chi connectivity index (χ1v) is 11.6. The van der Waals surface area contributed by atoms with Crippen LogP contribution in [-0.4, -0.2) is 16.1 Å². The molecule has 4 aromatic rings. The number of aromatic nitrogens is 1. The fourth-order valence-electron chi connectivity index (χ4n) is 3.35. The van der Waals surface area contributed by atoms with E-state index in [1.165, 1.54) is 11.8 Å². The highest BCUT2D eigenvalue weighted by Crippen LogP contribution is 2.35. The number of amides is 1. The van der Waals surface area contributed by atoms with Gasteiger partial charge >= 0.3 is 0 Å². The predicted octanol–water partition coefficient (Wildman–Crippen LogP) is 7.06. The molecular weight excluding hydrogens is 450 g/mol. The fourth-order valence-corrected chi connectivity index (χ4v) is 4.46. The third kappa shape index (κ3) is 5.43. The molecule has 0 aliphatic rings. The molecule has 33 heavy (non-hydrogen) atoms. The summed E-state index contributed by atoms with van der Waals surface area (Å²) in [6, 6.07) is 30.8. The molecule has 6 heteroatoms. The van der Waals surface area contributed by atoms with E-state index < -0.39 is 5.25 Å². The summed E-state index contributed by atoms with van der Waals surface area (Å²) in [5, 5.41) is 13.5. The van der Waals surface area contributed by atoms with E-state index >= 15 is 0 Å². The molecule has 162 valence electrons. The van der Waals surface area contributed by atoms with Crippen molar-refractivity contribution in [1.82, 2.24) is 4.98 Å². The van der Waals surface area contributed by atoms with Crippen LogP contribution < -0.4 is 5.32 Å². The molecular formula is C27H20ClN3OS. The van der Waals surface area contributed by atoms with Gasteiger partial charge < -0.3 is 5.32 Å². The van der Waals surface area contributed by atoms with Gasteiger partial charge in [0.15, 0.2) is 0 Å². The topological polar surface area (TPSA) is 65.8 Å². The number of nitrogens with zero attached hydrogens (tertiary/aromatic N) is 2. The summed E-state index contributed by atoms with van der Waals surface area (Å²) in [4.78, 5) is 17.6. The lowest BCUT2D eigenvalue weighted by Gasteiger charge is -2.16. The van der Waals surface area contributed by atoms with E-state index in [-0.39, 0.29) is 5.91 Å². The number of anilines is 1. The summed E-state index contributed by atoms with van der Waals surface area (Å²) < 4.78 is 0. The minimum atomic E-state index is -0.488. The normalized spacial score (nSPS) is 11.4. The molecule has 3 aromatic carbocycles. The smallest absolute Gasteiger partial charge is 0.237 e. The number of carbonyl (C=O) groups is 1. The van der Waals surface area contributed by atoms with Crippen LogP contribution in [0.3, 0.4) is 0 Å². The molecule has 1 aromatic heterocycles. The maximum absolute atomic E-state index is 12.9. The Balaban J connectivity index is 1.72. The molecule has 0 saturated heterocycles. The lowest BCUT2D eigenvalue weighted by atomic mass is 9.99. The molecule has 0 aliphatic heterocycles. The van der Waals surface area contributed by atoms with Crippen LogP contribution >= 0.6 is 23.4 Å². The van der Waals surface area contributed by atoms with Crippen LogP contribution in [0.2, 0.25) is 5.02 Å². The second-order valence-electron chi connectivity index (χ2n) is 7.34. The number of thioether (sulfide) groups is 1. The zero-order valence-electron chi connectivity index (χ0n) is 17.8. The lowest BCUT2D eigenvalue weighted by Crippen LogP contribution is -2.22. The van der Waals surface area contributed by atoms with E-state index in [4.69, 9.17) is 16.6 Å². The molecule has 4 nitrogen and oxygen atoms in total. The van der Waals surface area contributed by atoms with Gasteiger partial charge in [0.25, 0.3) is 0 Å². The fraction of sp³-hybridized carbons (Fsp3) is 0.0741. The largest absolute Gasteiger partial charge is 0.325 e. The first kappa shape index (κ1) is 22.6. The Morgan fingerprint density at radius 2 is 1.64 bits per heavy atom. The number of halogens is 1. The summed E-state index contributed by atoms with van der Waals surface area (Å²) in [5.41, 5.74) is 4.48. The average Bonchev–Trinajstić information content (AvgIpc) is 2.84. The monoisotopic (exact) mass is 469 g/mol. The van der Waals surface area contributed by atoms with Gasteiger partial charge in [0.2, 0.25) is 5.91 Å². The van der Waals surface area contributed by atoms with Crippen LogP contribution in [0.4, 0.5) is 5.69 Å². The number of carbonyl (C=O) groups excluding carboxylic acids is 1. The summed E-state index contributed by atoms with van der Waals surface area (Å²) in [6.45, 7) is 1.80. The van der Waals surface area contributed by atoms with Crippen molar-refractivity contribution < 1.29 is 4.79 Å². The highest BCUT2D eigenvalue weighted by atomic mass is 35.5. The van der Waals surface area contributed by atoms with Crippen LogP contribution in [0.15, 0.2) is 96.0 Å². The summed E-state index contributed by atoms with van der Waals surface area (Å²) in [7, 11) is 0. The molecule has 0 saturated carbocycles. The Morgan fingerprint density at radius 1 is 0.970 bits per heavy atom. The molecule has 1 atom stereocenters. The maximum Gasteiger partial charge on any atom is 0.237 e. The van der Waals surface area contributed by atoms with Crippen molar-refractivity contribution in [2.45, 2.75) is 17.2 Å². The number of hydrogen-bond acceptors (Lipinski definition) is 4. The Morgan fingerprint density at radius 3 is 2.27 bits per heavy atom. The highest BCUT2D eigenvalue weighted by Gasteiger charge is 2.21. The number of pyridine rings is 1. The van der Waals surface area contributed by atoms with Crippen molar-refractivity contribution in [3.63, 3.8) is 0 Å². The number of rotatable bonds is 6. The van der Waals surface area contributed by atoms with Crippen molar-refractivity contribution in [3.8, 4) is 28.5 Å². The van der Waals surface area contributed by atoms with Crippen LogP contribution in [0.1, 0.15) is 12.5 Å². The van der Waals surface area contributed by atoms with Crippen molar-refractivity contribution >= 4 is 35.0 Å². The van der Waals surface area contributed by atoms with Gasteiger partial charge in [-0.25, -0.2) is 4.98 Å². The summed E-state index contributed by atoms with van der Waals surface area (Å²) in [5.74, 6) is -0.195. The highest BCUT2D eigenvalue weighted by molar-refractivity contribution is 8.00. The van der Waals surface area contributed by atoms with Gasteiger partial charge in [-0.05, 0) is 36.8 Å². The zero-order valence-corrected chi connectivity index (χ0v) is 19.4. The van der Waals surface area contributed by atoms with E-state index in [1.54, 1.807) is 31.2 Å². The van der Waals surface area contributed by atoms with Crippen molar-refractivity contribution in [2.75, 3.05) is 5.32 Å². The van der Waals surface area contributed by atoms with Gasteiger partial charge in [0, 0.05) is 21.8 Å². The van der Waals surface area contributed by atoms with Gasteiger partial charge in [0.05, 0.1) is 16.5 Å². The Kier molecular flexibility index (Phi) is 7.09. The summed E-state index contributed by atoms with van der Waals surface area (Å²) >= 11 is 7.29. The first-order valence-electron chi connectivity index (χ1n) is 10.3. The molecule has 4 rings (SSSR count). The van der Waals surface area contributed by atoms with E-state index in [0.29, 0.717) is 21.3 Å². The number of nitriles is 1. The molecule has 1 N–H and O–H groups in total. The minimum Gasteiger partial charge on any atom is -0.325 e. The molecule has 0 bridgehead atoms. The molecule has 0 fully saturated rings. The van der Waals surface area contributed by atoms with Crippen LogP contribution in [0, 0.1) is 11.3 Å². The van der Waals surface area contributed by atoms with E-state index in [2.05, 4.69) is 11.4 Å². The minimum absolute atomic E-state index is 0.195. The predicted molar refractivity (Wildman–Crippen MR) is 135 cm³/mol. The van der Waals surface area contributed by atoms with E-state index in [1.807, 2.05) is 66.7 Å². The first-order chi connectivity index (χ1) is 16.0. The second kappa shape index (κ2) is 10.4. The Labute approximate surface area is 202 Å². The van der Waals surface area contributed by atoms with Crippen LogP contribution in [0.5, 0.6) is 0 Å². The van der Waals surface area contributed by atoms with Crippen LogP contribution in [-0.2, 0) is 4.79 Å². The van der Waals surface area contributed by atoms with Gasteiger partial charge in [-0.3, -0.25) is 4.79 Å². The van der Waals surface area contributed by atoms with Gasteiger partial charge in [-0.1, -0.05) is 90.1 Å². The zero-order chi connectivity index (χ0) is 23.2. The number of hydrogen-bond donors (Lipinski definition) is 1. The second-order valence-corrected chi connectivity index (χ2v) is 9.10. The molecule has 0 radical (unpaired) electrons. The Hall–Kier alpha value is -3.59. The standard InChI is InChI=1S/C27H20ClN3OS/c1-18(26(32)30-22-14-8-13-21(28)15-22)33-27-24(17-29)23(19-9-4-2-5-10-19)16-25(31-27)20-11-6-3-7-12-20/h2-16,18H,1H3,(H,30,32).